The summed E-state index contributed by atoms with van der Waals surface area (Å²) in [5.74, 6) is -0.912. The summed E-state index contributed by atoms with van der Waals surface area (Å²) in [7, 11) is 0. The van der Waals surface area contributed by atoms with Crippen LogP contribution in [-0.2, 0) is 4.79 Å². The zero-order valence-corrected chi connectivity index (χ0v) is 12.7. The Balaban J connectivity index is 2.42. The molecule has 0 unspecified atom stereocenters. The Kier molecular flexibility index (Phi) is 6.94. The Bertz CT molecular complexity index is 462. The molecule has 0 aromatic heterocycles. The molecule has 0 aliphatic rings. The first-order valence-electron chi connectivity index (χ1n) is 5.88. The molecule has 0 spiro atoms. The molecule has 0 fully saturated rings. The van der Waals surface area contributed by atoms with Crippen LogP contribution in [0.3, 0.4) is 0 Å². The molecule has 0 amide bonds. The maximum absolute atomic E-state index is 11.0. The van der Waals surface area contributed by atoms with E-state index in [2.05, 4.69) is 15.9 Å². The van der Waals surface area contributed by atoms with Crippen molar-refractivity contribution in [2.24, 2.45) is 0 Å². The molecule has 0 saturated heterocycles. The van der Waals surface area contributed by atoms with Gasteiger partial charge in [-0.25, -0.2) is 4.79 Å². The van der Waals surface area contributed by atoms with Gasteiger partial charge < -0.3 is 10.2 Å². The van der Waals surface area contributed by atoms with Crippen LogP contribution in [0.25, 0.3) is 0 Å². The van der Waals surface area contributed by atoms with Crippen LogP contribution in [0.5, 0.6) is 0 Å². The van der Waals surface area contributed by atoms with E-state index in [0.29, 0.717) is 12.0 Å². The fraction of sp³-hybridized carbons (Fsp3) is 0.385. The van der Waals surface area contributed by atoms with Gasteiger partial charge in [0, 0.05) is 15.8 Å². The van der Waals surface area contributed by atoms with E-state index in [1.165, 1.54) is 11.8 Å². The Morgan fingerprint density at radius 2 is 1.89 bits per heavy atom. The number of carboxylic acid groups (broad SMARTS) is 2. The minimum Gasteiger partial charge on any atom is -0.481 e. The predicted molar refractivity (Wildman–Crippen MR) is 77.9 cm³/mol. The lowest BCUT2D eigenvalue weighted by Crippen LogP contribution is -1.99. The van der Waals surface area contributed by atoms with E-state index in [-0.39, 0.29) is 6.42 Å². The molecule has 0 radical (unpaired) electrons. The number of halogens is 1. The molecule has 104 valence electrons. The Labute approximate surface area is 124 Å². The highest BCUT2D eigenvalue weighted by atomic mass is 79.9. The average molecular weight is 347 g/mol. The van der Waals surface area contributed by atoms with Crippen molar-refractivity contribution in [1.29, 1.82) is 0 Å². The Morgan fingerprint density at radius 3 is 2.53 bits per heavy atom. The van der Waals surface area contributed by atoms with Crippen molar-refractivity contribution in [2.45, 2.75) is 30.6 Å². The SMILES string of the molecule is O=C(O)CCCCCSc1cc(Br)ccc1C(=O)O. The summed E-state index contributed by atoms with van der Waals surface area (Å²) in [4.78, 5) is 22.1. The van der Waals surface area contributed by atoms with E-state index in [1.54, 1.807) is 18.2 Å². The molecule has 0 bridgehead atoms. The molecule has 1 aromatic rings. The summed E-state index contributed by atoms with van der Waals surface area (Å²) in [6.07, 6.45) is 2.58. The number of hydrogen-bond acceptors (Lipinski definition) is 3. The minimum atomic E-state index is -0.930. The van der Waals surface area contributed by atoms with Gasteiger partial charge in [0.05, 0.1) is 5.56 Å². The van der Waals surface area contributed by atoms with Crippen LogP contribution in [-0.4, -0.2) is 27.9 Å². The summed E-state index contributed by atoms with van der Waals surface area (Å²) in [6, 6.07) is 5.09. The van der Waals surface area contributed by atoms with Crippen LogP contribution in [0.15, 0.2) is 27.6 Å². The molecular formula is C13H15BrO4S. The van der Waals surface area contributed by atoms with Crippen LogP contribution in [0, 0.1) is 0 Å². The highest BCUT2D eigenvalue weighted by Crippen LogP contribution is 2.27. The van der Waals surface area contributed by atoms with E-state index in [0.717, 1.165) is 28.0 Å². The van der Waals surface area contributed by atoms with Gasteiger partial charge in [-0.3, -0.25) is 4.79 Å². The lowest BCUT2D eigenvalue weighted by molar-refractivity contribution is -0.137. The van der Waals surface area contributed by atoms with Crippen molar-refractivity contribution in [3.8, 4) is 0 Å². The molecule has 4 nitrogen and oxygen atoms in total. The van der Waals surface area contributed by atoms with Gasteiger partial charge >= 0.3 is 11.9 Å². The van der Waals surface area contributed by atoms with Gasteiger partial charge in [0.2, 0.25) is 0 Å². The first-order chi connectivity index (χ1) is 9.00. The van der Waals surface area contributed by atoms with Crippen molar-refractivity contribution in [3.05, 3.63) is 28.2 Å². The highest BCUT2D eigenvalue weighted by molar-refractivity contribution is 9.10. The van der Waals surface area contributed by atoms with E-state index in [9.17, 15) is 9.59 Å². The summed E-state index contributed by atoms with van der Waals surface area (Å²) in [5, 5.41) is 17.6. The zero-order valence-electron chi connectivity index (χ0n) is 10.3. The standard InChI is InChI=1S/C13H15BrO4S/c14-9-5-6-10(13(17)18)11(8-9)19-7-3-1-2-4-12(15)16/h5-6,8H,1-4,7H2,(H,15,16)(H,17,18). The largest absolute Gasteiger partial charge is 0.481 e. The second kappa shape index (κ2) is 8.22. The molecule has 6 heteroatoms. The first kappa shape index (κ1) is 16.0. The minimum absolute atomic E-state index is 0.196. The van der Waals surface area contributed by atoms with E-state index >= 15 is 0 Å². The number of carbonyl (C=O) groups is 2. The van der Waals surface area contributed by atoms with Crippen molar-refractivity contribution in [1.82, 2.24) is 0 Å². The molecule has 2 N–H and O–H groups in total. The summed E-state index contributed by atoms with van der Waals surface area (Å²) in [6.45, 7) is 0. The van der Waals surface area contributed by atoms with Gasteiger partial charge in [0.15, 0.2) is 0 Å². The van der Waals surface area contributed by atoms with Crippen molar-refractivity contribution >= 4 is 39.6 Å². The summed E-state index contributed by atoms with van der Waals surface area (Å²) in [5.41, 5.74) is 0.304. The second-order valence-electron chi connectivity index (χ2n) is 4.00. The lowest BCUT2D eigenvalue weighted by atomic mass is 10.2. The van der Waals surface area contributed by atoms with E-state index in [4.69, 9.17) is 10.2 Å². The van der Waals surface area contributed by atoms with Gasteiger partial charge in [-0.05, 0) is 36.8 Å². The number of aliphatic carboxylic acids is 1. The average Bonchev–Trinajstić information content (AvgIpc) is 2.33. The summed E-state index contributed by atoms with van der Waals surface area (Å²) < 4.78 is 0.853. The summed E-state index contributed by atoms with van der Waals surface area (Å²) >= 11 is 4.81. The number of rotatable bonds is 8. The molecule has 0 heterocycles. The van der Waals surface area contributed by atoms with Crippen molar-refractivity contribution < 1.29 is 19.8 Å². The highest BCUT2D eigenvalue weighted by Gasteiger charge is 2.10. The third-order valence-corrected chi connectivity index (χ3v) is 4.10. The van der Waals surface area contributed by atoms with Crippen LogP contribution < -0.4 is 0 Å². The van der Waals surface area contributed by atoms with Gasteiger partial charge in [-0.15, -0.1) is 11.8 Å². The van der Waals surface area contributed by atoms with Crippen molar-refractivity contribution in [2.75, 3.05) is 5.75 Å². The molecule has 0 atom stereocenters. The molecule has 0 aliphatic carbocycles. The van der Waals surface area contributed by atoms with Crippen LogP contribution in [0.4, 0.5) is 0 Å². The van der Waals surface area contributed by atoms with Gasteiger partial charge in [0.25, 0.3) is 0 Å². The van der Waals surface area contributed by atoms with Gasteiger partial charge in [-0.2, -0.15) is 0 Å². The number of hydrogen-bond donors (Lipinski definition) is 2. The maximum Gasteiger partial charge on any atom is 0.336 e. The topological polar surface area (TPSA) is 74.6 Å². The molecular weight excluding hydrogens is 332 g/mol. The lowest BCUT2D eigenvalue weighted by Gasteiger charge is -2.06. The number of thioether (sulfide) groups is 1. The zero-order chi connectivity index (χ0) is 14.3. The predicted octanol–water partition coefficient (Wildman–Crippen LogP) is 3.88. The normalized spacial score (nSPS) is 10.4. The van der Waals surface area contributed by atoms with Crippen molar-refractivity contribution in [3.63, 3.8) is 0 Å². The Morgan fingerprint density at radius 1 is 1.16 bits per heavy atom. The monoisotopic (exact) mass is 346 g/mol. The maximum atomic E-state index is 11.0. The van der Waals surface area contributed by atoms with Crippen LogP contribution in [0.1, 0.15) is 36.0 Å². The smallest absolute Gasteiger partial charge is 0.336 e. The number of unbranched alkanes of at least 4 members (excludes halogenated alkanes) is 2. The quantitative estimate of drug-likeness (QED) is 0.551. The fourth-order valence-corrected chi connectivity index (χ4v) is 3.13. The van der Waals surface area contributed by atoms with E-state index in [1.807, 2.05) is 0 Å². The van der Waals surface area contributed by atoms with Gasteiger partial charge in [0.1, 0.15) is 0 Å². The number of aromatic carboxylic acids is 1. The molecule has 1 aromatic carbocycles. The third-order valence-electron chi connectivity index (χ3n) is 2.47. The van der Waals surface area contributed by atoms with Gasteiger partial charge in [-0.1, -0.05) is 22.4 Å². The molecule has 0 aliphatic heterocycles. The first-order valence-corrected chi connectivity index (χ1v) is 7.66. The molecule has 0 saturated carbocycles. The third kappa shape index (κ3) is 6.11. The molecule has 19 heavy (non-hydrogen) atoms. The Hall–Kier alpha value is -1.01. The number of benzene rings is 1. The second-order valence-corrected chi connectivity index (χ2v) is 6.05. The van der Waals surface area contributed by atoms with Crippen LogP contribution in [0.2, 0.25) is 0 Å². The van der Waals surface area contributed by atoms with Crippen LogP contribution >= 0.6 is 27.7 Å². The number of carboxylic acids is 2. The van der Waals surface area contributed by atoms with E-state index < -0.39 is 11.9 Å². The molecule has 1 rings (SSSR count). The fourth-order valence-electron chi connectivity index (χ4n) is 1.53.